The van der Waals surface area contributed by atoms with Gasteiger partial charge in [-0.1, -0.05) is 11.6 Å². The van der Waals surface area contributed by atoms with Gasteiger partial charge in [-0.2, -0.15) is 0 Å². The second kappa shape index (κ2) is 3.49. The Hall–Kier alpha value is -0.510. The van der Waals surface area contributed by atoms with Crippen LogP contribution in [0.4, 0.5) is 9.18 Å². The van der Waals surface area contributed by atoms with Crippen molar-refractivity contribution < 1.29 is 14.3 Å². The molecule has 0 spiro atoms. The zero-order chi connectivity index (χ0) is 6.57. The molecule has 0 saturated carbocycles. The Morgan fingerprint density at radius 1 is 1.88 bits per heavy atom. The maximum atomic E-state index is 11.5. The van der Waals surface area contributed by atoms with Gasteiger partial charge in [0.2, 0.25) is 0 Å². The fourth-order valence-electron chi connectivity index (χ4n) is 0.160. The molecule has 0 fully saturated rings. The smallest absolute Gasteiger partial charge is 0.314 e. The predicted octanol–water partition coefficient (Wildman–Crippen LogP) is 0.661. The van der Waals surface area contributed by atoms with Gasteiger partial charge in [-0.05, 0) is 0 Å². The Balaban J connectivity index is 3.05. The minimum atomic E-state index is -1.67. The molecule has 0 aliphatic rings. The van der Waals surface area contributed by atoms with Gasteiger partial charge in [0.25, 0.3) is 0 Å². The number of nitrogens with one attached hydrogen (secondary N) is 1. The number of carbonyl (C=O) groups excluding carboxylic acids is 1. The van der Waals surface area contributed by atoms with E-state index in [9.17, 15) is 14.3 Å². The van der Waals surface area contributed by atoms with Crippen molar-refractivity contribution in [3.63, 3.8) is 0 Å². The fourth-order valence-corrected chi connectivity index (χ4v) is 0.238. The summed E-state index contributed by atoms with van der Waals surface area (Å²) in [5, 5.41) is 11.1. The summed E-state index contributed by atoms with van der Waals surface area (Å²) in [7, 11) is 0. The first kappa shape index (κ1) is 7.49. The lowest BCUT2D eigenvalue weighted by Gasteiger charge is -1.94. The van der Waals surface area contributed by atoms with Gasteiger partial charge >= 0.3 is 6.09 Å². The summed E-state index contributed by atoms with van der Waals surface area (Å²) in [5.41, 5.74) is -1.67. The van der Waals surface area contributed by atoms with Crippen molar-refractivity contribution in [2.75, 3.05) is 6.54 Å². The molecule has 1 radical (unpaired) electrons. The highest BCUT2D eigenvalue weighted by Gasteiger charge is 2.02. The first-order valence-corrected chi connectivity index (χ1v) is 2.29. The van der Waals surface area contributed by atoms with Crippen LogP contribution in [0.2, 0.25) is 0 Å². The maximum Gasteiger partial charge on any atom is 0.450 e. The van der Waals surface area contributed by atoms with Crippen LogP contribution in [0.3, 0.4) is 0 Å². The van der Waals surface area contributed by atoms with Crippen molar-refractivity contribution in [3.05, 3.63) is 0 Å². The highest BCUT2D eigenvalue weighted by Crippen LogP contribution is 1.92. The largest absolute Gasteiger partial charge is 0.450 e. The molecule has 47 valence electrons. The molecule has 0 aliphatic heterocycles. The predicted molar refractivity (Wildman–Crippen MR) is 24.8 cm³/mol. The molecule has 0 aliphatic carbocycles. The molecule has 0 aromatic heterocycles. The molecule has 0 heterocycles. The van der Waals surface area contributed by atoms with Crippen LogP contribution in [-0.2, 0) is 5.11 Å². The third-order valence-corrected chi connectivity index (χ3v) is 0.555. The van der Waals surface area contributed by atoms with E-state index in [2.05, 4.69) is 0 Å². The minimum absolute atomic E-state index is 0.427. The van der Waals surface area contributed by atoms with Gasteiger partial charge in [0.05, 0.1) is 6.54 Å². The summed E-state index contributed by atoms with van der Waals surface area (Å²) in [4.78, 5) is 9.46. The van der Waals surface area contributed by atoms with Gasteiger partial charge in [-0.25, -0.2) is 14.3 Å². The van der Waals surface area contributed by atoms with E-state index in [0.29, 0.717) is 0 Å². The highest BCUT2D eigenvalue weighted by molar-refractivity contribution is 6.19. The standard InChI is InChI=1S/C3H4ClFNO2/c4-2(5)1-6-3(7)8/h2,6H,1H2. The van der Waals surface area contributed by atoms with E-state index in [1.54, 1.807) is 5.32 Å². The highest BCUT2D eigenvalue weighted by atomic mass is 35.5. The summed E-state index contributed by atoms with van der Waals surface area (Å²) in [6.07, 6.45) is -1.52. The van der Waals surface area contributed by atoms with Gasteiger partial charge in [-0.15, -0.1) is 0 Å². The van der Waals surface area contributed by atoms with Crippen LogP contribution in [-0.4, -0.2) is 18.3 Å². The molecule has 0 saturated heterocycles. The quantitative estimate of drug-likeness (QED) is 0.563. The van der Waals surface area contributed by atoms with Crippen molar-refractivity contribution in [3.8, 4) is 0 Å². The lowest BCUT2D eigenvalue weighted by atomic mass is 10.7. The molecule has 1 amide bonds. The van der Waals surface area contributed by atoms with Crippen molar-refractivity contribution in [1.82, 2.24) is 5.32 Å². The van der Waals surface area contributed by atoms with Crippen molar-refractivity contribution in [2.24, 2.45) is 0 Å². The second-order valence-corrected chi connectivity index (χ2v) is 1.53. The summed E-state index contributed by atoms with van der Waals surface area (Å²) in [6, 6.07) is 0. The monoisotopic (exact) mass is 140 g/mol. The molecule has 0 aromatic carbocycles. The van der Waals surface area contributed by atoms with Gasteiger partial charge in [0.15, 0.2) is 5.63 Å². The average molecular weight is 141 g/mol. The Morgan fingerprint density at radius 3 is 2.50 bits per heavy atom. The molecule has 0 rings (SSSR count). The molecule has 3 nitrogen and oxygen atoms in total. The lowest BCUT2D eigenvalue weighted by Crippen LogP contribution is -2.25. The second-order valence-electron chi connectivity index (χ2n) is 1.06. The van der Waals surface area contributed by atoms with Crippen LogP contribution < -0.4 is 5.32 Å². The average Bonchev–Trinajstić information content (AvgIpc) is 1.61. The molecule has 1 atom stereocenters. The van der Waals surface area contributed by atoms with Crippen LogP contribution >= 0.6 is 11.6 Å². The zero-order valence-electron chi connectivity index (χ0n) is 3.86. The Bertz CT molecular complexity index is 87.4. The van der Waals surface area contributed by atoms with Gasteiger partial charge in [-0.3, -0.25) is 0 Å². The zero-order valence-corrected chi connectivity index (χ0v) is 4.61. The normalized spacial score (nSPS) is 12.8. The van der Waals surface area contributed by atoms with E-state index in [1.807, 2.05) is 0 Å². The Morgan fingerprint density at radius 2 is 2.38 bits per heavy atom. The molecule has 8 heavy (non-hydrogen) atoms. The van der Waals surface area contributed by atoms with E-state index >= 15 is 0 Å². The maximum absolute atomic E-state index is 11.5. The third-order valence-electron chi connectivity index (χ3n) is 0.401. The fraction of sp³-hybridized carbons (Fsp3) is 0.667. The van der Waals surface area contributed by atoms with E-state index in [1.165, 1.54) is 0 Å². The van der Waals surface area contributed by atoms with Crippen LogP contribution in [0.15, 0.2) is 0 Å². The van der Waals surface area contributed by atoms with E-state index in [0.717, 1.165) is 0 Å². The van der Waals surface area contributed by atoms with Crippen LogP contribution in [0.25, 0.3) is 0 Å². The van der Waals surface area contributed by atoms with Crippen molar-refractivity contribution in [2.45, 2.75) is 5.63 Å². The first-order chi connectivity index (χ1) is 3.63. The third kappa shape index (κ3) is 5.49. The number of alkyl halides is 2. The van der Waals surface area contributed by atoms with Crippen molar-refractivity contribution in [1.29, 1.82) is 0 Å². The molecule has 1 N–H and O–H groups in total. The molecule has 5 heteroatoms. The number of hydrogen-bond acceptors (Lipinski definition) is 1. The number of amides is 1. The Labute approximate surface area is 50.4 Å². The number of hydrogen-bond donors (Lipinski definition) is 1. The first-order valence-electron chi connectivity index (χ1n) is 1.86. The topological polar surface area (TPSA) is 49.0 Å². The van der Waals surface area contributed by atoms with Crippen LogP contribution in [0.1, 0.15) is 0 Å². The SMILES string of the molecule is [O]C(=O)NCC(F)Cl. The van der Waals surface area contributed by atoms with Gasteiger partial charge in [0, 0.05) is 0 Å². The molecule has 0 aromatic rings. The Kier molecular flexibility index (Phi) is 3.26. The number of halogens is 2. The lowest BCUT2D eigenvalue weighted by molar-refractivity contribution is 0.167. The van der Waals surface area contributed by atoms with Gasteiger partial charge < -0.3 is 5.32 Å². The summed E-state index contributed by atoms with van der Waals surface area (Å²) >= 11 is 4.70. The van der Waals surface area contributed by atoms with E-state index < -0.39 is 18.3 Å². The number of rotatable bonds is 2. The molecular formula is C3H4ClFNO2. The summed E-state index contributed by atoms with van der Waals surface area (Å²) in [5.74, 6) is 0. The van der Waals surface area contributed by atoms with E-state index in [-0.39, 0.29) is 0 Å². The molecule has 1 unspecified atom stereocenters. The molecule has 0 bridgehead atoms. The van der Waals surface area contributed by atoms with Crippen LogP contribution in [0.5, 0.6) is 0 Å². The molecular weight excluding hydrogens is 136 g/mol. The van der Waals surface area contributed by atoms with Crippen molar-refractivity contribution >= 4 is 17.7 Å². The van der Waals surface area contributed by atoms with Crippen LogP contribution in [0, 0.1) is 0 Å². The summed E-state index contributed by atoms with van der Waals surface area (Å²) < 4.78 is 11.5. The van der Waals surface area contributed by atoms with Gasteiger partial charge in [0.1, 0.15) is 0 Å². The van der Waals surface area contributed by atoms with E-state index in [4.69, 9.17) is 11.6 Å². The summed E-state index contributed by atoms with van der Waals surface area (Å²) in [6.45, 7) is -0.427. The minimum Gasteiger partial charge on any atom is -0.314 e. The number of carbonyl (C=O) groups is 1.